The van der Waals surface area contributed by atoms with Crippen molar-refractivity contribution >= 4 is 17.6 Å². The van der Waals surface area contributed by atoms with E-state index in [-0.39, 0.29) is 18.8 Å². The summed E-state index contributed by atoms with van der Waals surface area (Å²) in [6, 6.07) is 16.3. The minimum atomic E-state index is -1.20. The third kappa shape index (κ3) is 4.10. The summed E-state index contributed by atoms with van der Waals surface area (Å²) in [5.41, 5.74) is 2.16. The van der Waals surface area contributed by atoms with E-state index in [1.807, 2.05) is 44.2 Å². The van der Waals surface area contributed by atoms with Gasteiger partial charge in [0.25, 0.3) is 0 Å². The van der Waals surface area contributed by atoms with Crippen LogP contribution in [0.1, 0.15) is 53.4 Å². The van der Waals surface area contributed by atoms with Gasteiger partial charge in [0.15, 0.2) is 18.7 Å². The number of fused-ring (bicyclic) bond motifs is 6. The lowest BCUT2D eigenvalue weighted by Gasteiger charge is -2.36. The number of aliphatic hydroxyl groups excluding tert-OH is 1. The summed E-state index contributed by atoms with van der Waals surface area (Å²) >= 11 is 6.03. The first-order valence-electron chi connectivity index (χ1n) is 11.3. The van der Waals surface area contributed by atoms with E-state index in [9.17, 15) is 9.90 Å². The van der Waals surface area contributed by atoms with Crippen LogP contribution < -0.4 is 14.2 Å². The lowest BCUT2D eigenvalue weighted by molar-refractivity contribution is -0.131. The zero-order valence-corrected chi connectivity index (χ0v) is 20.3. The summed E-state index contributed by atoms with van der Waals surface area (Å²) in [6.07, 6.45) is -0.975. The fourth-order valence-electron chi connectivity index (χ4n) is 4.45. The number of carbonyl (C=O) groups excluding carboxylic acids is 1. The van der Waals surface area contributed by atoms with Gasteiger partial charge in [-0.2, -0.15) is 0 Å². The van der Waals surface area contributed by atoms with Gasteiger partial charge in [0, 0.05) is 34.7 Å². The Labute approximate surface area is 208 Å². The number of aliphatic hydroxyl groups is 1. The SMILES string of the molecule is CC(C)Oc1ccc2c(c1)Oc1cc(OCOC(C)O)ccc1C21OC(=O)c2cc(CCl)ccc21. The molecule has 2 atom stereocenters. The van der Waals surface area contributed by atoms with Crippen molar-refractivity contribution in [3.05, 3.63) is 82.4 Å². The molecule has 2 unspecified atom stereocenters. The normalized spacial score (nSPS) is 18.4. The number of rotatable bonds is 7. The van der Waals surface area contributed by atoms with Gasteiger partial charge in [0.1, 0.15) is 23.0 Å². The zero-order chi connectivity index (χ0) is 24.7. The topological polar surface area (TPSA) is 83.5 Å². The van der Waals surface area contributed by atoms with E-state index in [2.05, 4.69) is 0 Å². The molecule has 0 saturated carbocycles. The molecular formula is C27H25ClO7. The summed E-state index contributed by atoms with van der Waals surface area (Å²) in [6.45, 7) is 5.25. The summed E-state index contributed by atoms with van der Waals surface area (Å²) in [5, 5.41) is 9.32. The van der Waals surface area contributed by atoms with Gasteiger partial charge in [0.05, 0.1) is 11.7 Å². The minimum absolute atomic E-state index is 0.0224. The minimum Gasteiger partial charge on any atom is -0.491 e. The molecule has 5 rings (SSSR count). The third-order valence-corrected chi connectivity index (χ3v) is 6.18. The second kappa shape index (κ2) is 9.07. The van der Waals surface area contributed by atoms with Crippen LogP contribution in [-0.2, 0) is 21.0 Å². The second-order valence-electron chi connectivity index (χ2n) is 8.70. The number of hydrogen-bond donors (Lipinski definition) is 1. The van der Waals surface area contributed by atoms with E-state index in [0.717, 1.165) is 5.56 Å². The number of carbonyl (C=O) groups is 1. The van der Waals surface area contributed by atoms with E-state index in [1.54, 1.807) is 24.3 Å². The van der Waals surface area contributed by atoms with Crippen molar-refractivity contribution in [2.24, 2.45) is 0 Å². The first-order chi connectivity index (χ1) is 16.8. The Bertz CT molecular complexity index is 1290. The van der Waals surface area contributed by atoms with Crippen LogP contribution in [0.5, 0.6) is 23.0 Å². The zero-order valence-electron chi connectivity index (χ0n) is 19.5. The van der Waals surface area contributed by atoms with E-state index in [4.69, 9.17) is 35.3 Å². The summed E-state index contributed by atoms with van der Waals surface area (Å²) in [5.74, 6) is 1.94. The lowest BCUT2D eigenvalue weighted by atomic mass is 9.77. The fourth-order valence-corrected chi connectivity index (χ4v) is 4.62. The number of benzene rings is 3. The fraction of sp³-hybridized carbons (Fsp3) is 0.296. The first kappa shape index (κ1) is 23.5. The molecule has 7 nitrogen and oxygen atoms in total. The standard InChI is InChI=1S/C27H25ClO7/c1-15(2)33-19-6-9-23-25(12-19)34-24-11-18(32-14-31-16(3)29)5-8-22(24)27(23)21-7-4-17(13-28)10-20(21)26(30)35-27/h4-12,15-16,29H,13-14H2,1-3H3. The van der Waals surface area contributed by atoms with Crippen LogP contribution in [0.15, 0.2) is 54.6 Å². The van der Waals surface area contributed by atoms with Crippen molar-refractivity contribution < 1.29 is 33.6 Å². The highest BCUT2D eigenvalue weighted by Gasteiger charge is 2.53. The second-order valence-corrected chi connectivity index (χ2v) is 8.96. The molecule has 2 aliphatic heterocycles. The molecular weight excluding hydrogens is 472 g/mol. The number of alkyl halides is 1. The molecule has 0 aliphatic carbocycles. The van der Waals surface area contributed by atoms with E-state index < -0.39 is 17.9 Å². The average molecular weight is 497 g/mol. The van der Waals surface area contributed by atoms with Crippen LogP contribution in [0, 0.1) is 0 Å². The highest BCUT2D eigenvalue weighted by atomic mass is 35.5. The molecule has 35 heavy (non-hydrogen) atoms. The highest BCUT2D eigenvalue weighted by molar-refractivity contribution is 6.17. The van der Waals surface area contributed by atoms with Gasteiger partial charge >= 0.3 is 5.97 Å². The van der Waals surface area contributed by atoms with Crippen molar-refractivity contribution in [2.45, 2.75) is 44.6 Å². The molecule has 3 aromatic carbocycles. The molecule has 0 fully saturated rings. The first-order valence-corrected chi connectivity index (χ1v) is 11.8. The monoisotopic (exact) mass is 496 g/mol. The summed E-state index contributed by atoms with van der Waals surface area (Å²) in [4.78, 5) is 13.1. The third-order valence-electron chi connectivity index (χ3n) is 5.87. The predicted molar refractivity (Wildman–Crippen MR) is 128 cm³/mol. The van der Waals surface area contributed by atoms with Crippen molar-refractivity contribution in [3.63, 3.8) is 0 Å². The Kier molecular flexibility index (Phi) is 6.09. The largest absolute Gasteiger partial charge is 0.491 e. The maximum absolute atomic E-state index is 13.1. The highest BCUT2D eigenvalue weighted by Crippen LogP contribution is 2.57. The molecule has 0 radical (unpaired) electrons. The van der Waals surface area contributed by atoms with Gasteiger partial charge < -0.3 is 28.8 Å². The predicted octanol–water partition coefficient (Wildman–Crippen LogP) is 5.47. The van der Waals surface area contributed by atoms with Gasteiger partial charge in [-0.1, -0.05) is 12.1 Å². The number of esters is 1. The summed E-state index contributed by atoms with van der Waals surface area (Å²) in [7, 11) is 0. The van der Waals surface area contributed by atoms with E-state index >= 15 is 0 Å². The molecule has 3 aromatic rings. The molecule has 0 amide bonds. The Morgan fingerprint density at radius 2 is 1.60 bits per heavy atom. The number of ether oxygens (including phenoxy) is 5. The Morgan fingerprint density at radius 3 is 2.26 bits per heavy atom. The average Bonchev–Trinajstić information content (AvgIpc) is 3.10. The van der Waals surface area contributed by atoms with Gasteiger partial charge in [0.2, 0.25) is 0 Å². The van der Waals surface area contributed by atoms with Crippen molar-refractivity contribution in [2.75, 3.05) is 6.79 Å². The molecule has 182 valence electrons. The lowest BCUT2D eigenvalue weighted by Crippen LogP contribution is -2.33. The van der Waals surface area contributed by atoms with Crippen LogP contribution in [-0.4, -0.2) is 30.3 Å². The van der Waals surface area contributed by atoms with Crippen LogP contribution in [0.4, 0.5) is 0 Å². The van der Waals surface area contributed by atoms with Gasteiger partial charge in [-0.25, -0.2) is 4.79 Å². The van der Waals surface area contributed by atoms with Crippen LogP contribution in [0.3, 0.4) is 0 Å². The summed E-state index contributed by atoms with van der Waals surface area (Å²) < 4.78 is 29.0. The Balaban J connectivity index is 1.66. The quantitative estimate of drug-likeness (QED) is 0.264. The molecule has 0 bridgehead atoms. The molecule has 2 aliphatic rings. The molecule has 2 heterocycles. The maximum Gasteiger partial charge on any atom is 0.340 e. The van der Waals surface area contributed by atoms with Crippen molar-refractivity contribution in [1.29, 1.82) is 0 Å². The Morgan fingerprint density at radius 1 is 0.943 bits per heavy atom. The van der Waals surface area contributed by atoms with Crippen LogP contribution in [0.25, 0.3) is 0 Å². The molecule has 0 saturated heterocycles. The molecule has 0 aromatic heterocycles. The van der Waals surface area contributed by atoms with Crippen LogP contribution in [0.2, 0.25) is 0 Å². The number of hydrogen-bond acceptors (Lipinski definition) is 7. The maximum atomic E-state index is 13.1. The smallest absolute Gasteiger partial charge is 0.340 e. The van der Waals surface area contributed by atoms with E-state index in [1.165, 1.54) is 6.92 Å². The van der Waals surface area contributed by atoms with Gasteiger partial charge in [-0.15, -0.1) is 11.6 Å². The Hall–Kier alpha value is -3.26. The van der Waals surface area contributed by atoms with Gasteiger partial charge in [-0.05, 0) is 56.7 Å². The molecule has 1 spiro atoms. The number of halogens is 1. The van der Waals surface area contributed by atoms with Crippen molar-refractivity contribution in [3.8, 4) is 23.0 Å². The van der Waals surface area contributed by atoms with Crippen LogP contribution >= 0.6 is 11.6 Å². The van der Waals surface area contributed by atoms with Gasteiger partial charge in [-0.3, -0.25) is 0 Å². The van der Waals surface area contributed by atoms with E-state index in [0.29, 0.717) is 45.3 Å². The molecule has 8 heteroatoms. The van der Waals surface area contributed by atoms with Crippen molar-refractivity contribution in [1.82, 2.24) is 0 Å². The molecule has 1 N–H and O–H groups in total.